The molecule has 0 bridgehead atoms. The summed E-state index contributed by atoms with van der Waals surface area (Å²) in [7, 11) is 2.02. The molecule has 1 aromatic carbocycles. The third-order valence-electron chi connectivity index (χ3n) is 3.47. The topological polar surface area (TPSA) is 49.8 Å². The van der Waals surface area contributed by atoms with Gasteiger partial charge in [0.15, 0.2) is 5.78 Å². The van der Waals surface area contributed by atoms with Crippen LogP contribution in [0.3, 0.4) is 0 Å². The number of rotatable bonds is 11. The predicted molar refractivity (Wildman–Crippen MR) is 103 cm³/mol. The molecule has 4 heteroatoms. The number of allylic oxidation sites excluding steroid dienone is 1. The van der Waals surface area contributed by atoms with Gasteiger partial charge in [0, 0.05) is 25.1 Å². The van der Waals surface area contributed by atoms with Crippen molar-refractivity contribution in [2.45, 2.75) is 26.4 Å². The van der Waals surface area contributed by atoms with Gasteiger partial charge in [-0.2, -0.15) is 0 Å². The zero-order chi connectivity index (χ0) is 18.7. The Kier molecular flexibility index (Phi) is 9.51. The number of nitrogens with zero attached hydrogens (tertiary/aromatic N) is 1. The minimum atomic E-state index is -0.738. The highest BCUT2D eigenvalue weighted by atomic mass is 16.5. The SMILES string of the molecule is C=CCN(C)C/C=C/COc1ccc(C(=O)CC(O)C=C(C)C)cc1. The van der Waals surface area contributed by atoms with E-state index in [0.717, 1.165) is 18.7 Å². The van der Waals surface area contributed by atoms with Crippen LogP contribution in [0.15, 0.2) is 60.7 Å². The van der Waals surface area contributed by atoms with Crippen molar-refractivity contribution < 1.29 is 14.6 Å². The van der Waals surface area contributed by atoms with E-state index in [9.17, 15) is 9.90 Å². The lowest BCUT2D eigenvalue weighted by Gasteiger charge is -2.10. The van der Waals surface area contributed by atoms with E-state index in [1.807, 2.05) is 39.1 Å². The quantitative estimate of drug-likeness (QED) is 0.492. The summed E-state index contributed by atoms with van der Waals surface area (Å²) in [6.07, 6.45) is 6.92. The maximum absolute atomic E-state index is 12.1. The van der Waals surface area contributed by atoms with E-state index >= 15 is 0 Å². The van der Waals surface area contributed by atoms with Gasteiger partial charge >= 0.3 is 0 Å². The molecule has 136 valence electrons. The molecule has 0 radical (unpaired) electrons. The molecule has 1 atom stereocenters. The number of hydrogen-bond acceptors (Lipinski definition) is 4. The lowest BCUT2D eigenvalue weighted by Crippen LogP contribution is -2.17. The van der Waals surface area contributed by atoms with Crippen molar-refractivity contribution in [3.63, 3.8) is 0 Å². The molecule has 0 aliphatic carbocycles. The Morgan fingerprint density at radius 3 is 2.52 bits per heavy atom. The summed E-state index contributed by atoms with van der Waals surface area (Å²) in [5.41, 5.74) is 1.57. The maximum atomic E-state index is 12.1. The van der Waals surface area contributed by atoms with Crippen molar-refractivity contribution in [1.29, 1.82) is 0 Å². The summed E-state index contributed by atoms with van der Waals surface area (Å²) in [6, 6.07) is 7.01. The largest absolute Gasteiger partial charge is 0.490 e. The molecule has 0 saturated heterocycles. The monoisotopic (exact) mass is 343 g/mol. The van der Waals surface area contributed by atoms with Gasteiger partial charge in [-0.05, 0) is 45.2 Å². The fourth-order valence-corrected chi connectivity index (χ4v) is 2.25. The first-order chi connectivity index (χ1) is 11.9. The zero-order valence-electron chi connectivity index (χ0n) is 15.4. The first kappa shape index (κ1) is 20.9. The second kappa shape index (κ2) is 11.4. The molecule has 0 amide bonds. The number of aliphatic hydroxyl groups excluding tert-OH is 1. The minimum Gasteiger partial charge on any atom is -0.490 e. The molecule has 0 heterocycles. The molecule has 0 spiro atoms. The lowest BCUT2D eigenvalue weighted by atomic mass is 10.0. The van der Waals surface area contributed by atoms with Gasteiger partial charge in [0.2, 0.25) is 0 Å². The van der Waals surface area contributed by atoms with Gasteiger partial charge in [-0.1, -0.05) is 29.9 Å². The van der Waals surface area contributed by atoms with Crippen LogP contribution in [-0.2, 0) is 0 Å². The van der Waals surface area contributed by atoms with E-state index in [-0.39, 0.29) is 12.2 Å². The molecule has 1 aromatic rings. The van der Waals surface area contributed by atoms with Crippen LogP contribution in [0.1, 0.15) is 30.6 Å². The maximum Gasteiger partial charge on any atom is 0.165 e. The zero-order valence-corrected chi connectivity index (χ0v) is 15.4. The minimum absolute atomic E-state index is 0.0818. The summed E-state index contributed by atoms with van der Waals surface area (Å²) in [6.45, 7) is 9.67. The number of ketones is 1. The fourth-order valence-electron chi connectivity index (χ4n) is 2.25. The first-order valence-corrected chi connectivity index (χ1v) is 8.46. The normalized spacial score (nSPS) is 12.2. The van der Waals surface area contributed by atoms with Crippen LogP contribution in [0.2, 0.25) is 0 Å². The van der Waals surface area contributed by atoms with E-state index in [4.69, 9.17) is 4.74 Å². The Hall–Kier alpha value is -2.17. The Balaban J connectivity index is 2.43. The van der Waals surface area contributed by atoms with Crippen molar-refractivity contribution in [2.75, 3.05) is 26.7 Å². The highest BCUT2D eigenvalue weighted by Gasteiger charge is 2.11. The van der Waals surface area contributed by atoms with Crippen LogP contribution >= 0.6 is 0 Å². The Labute approximate surface area is 151 Å². The van der Waals surface area contributed by atoms with Crippen LogP contribution < -0.4 is 4.74 Å². The Bertz CT molecular complexity index is 598. The van der Waals surface area contributed by atoms with E-state index < -0.39 is 6.10 Å². The van der Waals surface area contributed by atoms with Crippen LogP contribution in [0.25, 0.3) is 0 Å². The van der Waals surface area contributed by atoms with Gasteiger partial charge in [-0.15, -0.1) is 6.58 Å². The number of aliphatic hydroxyl groups is 1. The first-order valence-electron chi connectivity index (χ1n) is 8.46. The van der Waals surface area contributed by atoms with Crippen molar-refractivity contribution in [3.8, 4) is 5.75 Å². The number of Topliss-reactive ketones (excluding diaryl/α,β-unsaturated/α-hetero) is 1. The Morgan fingerprint density at radius 2 is 1.92 bits per heavy atom. The lowest BCUT2D eigenvalue weighted by molar-refractivity contribution is 0.0922. The van der Waals surface area contributed by atoms with E-state index in [0.29, 0.717) is 17.9 Å². The van der Waals surface area contributed by atoms with Crippen LogP contribution in [-0.4, -0.2) is 48.6 Å². The molecule has 0 aliphatic rings. The number of carbonyl (C=O) groups excluding carboxylic acids is 1. The van der Waals surface area contributed by atoms with Gasteiger partial charge in [0.1, 0.15) is 12.4 Å². The average molecular weight is 343 g/mol. The van der Waals surface area contributed by atoms with Crippen molar-refractivity contribution >= 4 is 5.78 Å². The molecule has 0 saturated carbocycles. The van der Waals surface area contributed by atoms with Gasteiger partial charge in [-0.3, -0.25) is 9.69 Å². The summed E-state index contributed by atoms with van der Waals surface area (Å²) in [5, 5.41) is 9.81. The highest BCUT2D eigenvalue weighted by Crippen LogP contribution is 2.14. The molecule has 0 aliphatic heterocycles. The van der Waals surface area contributed by atoms with Crippen molar-refractivity contribution in [3.05, 3.63) is 66.3 Å². The predicted octanol–water partition coefficient (Wildman–Crippen LogP) is 3.64. The van der Waals surface area contributed by atoms with Crippen LogP contribution in [0.5, 0.6) is 5.75 Å². The fraction of sp³-hybridized carbons (Fsp3) is 0.381. The molecular weight excluding hydrogens is 314 g/mol. The van der Waals surface area contributed by atoms with Crippen LogP contribution in [0.4, 0.5) is 0 Å². The van der Waals surface area contributed by atoms with Crippen molar-refractivity contribution in [1.82, 2.24) is 4.90 Å². The molecule has 1 rings (SSSR count). The molecular formula is C21H29NO3. The second-order valence-corrected chi connectivity index (χ2v) is 6.26. The number of hydrogen-bond donors (Lipinski definition) is 1. The third kappa shape index (κ3) is 9.03. The summed E-state index contributed by atoms with van der Waals surface area (Å²) in [5.74, 6) is 0.632. The van der Waals surface area contributed by atoms with Crippen LogP contribution in [0, 0.1) is 0 Å². The summed E-state index contributed by atoms with van der Waals surface area (Å²) in [4.78, 5) is 14.2. The van der Waals surface area contributed by atoms with Gasteiger partial charge in [0.05, 0.1) is 6.10 Å². The molecule has 1 N–H and O–H groups in total. The molecule has 25 heavy (non-hydrogen) atoms. The summed E-state index contributed by atoms with van der Waals surface area (Å²) >= 11 is 0. The molecule has 4 nitrogen and oxygen atoms in total. The molecule has 0 aromatic heterocycles. The number of ether oxygens (including phenoxy) is 1. The summed E-state index contributed by atoms with van der Waals surface area (Å²) < 4.78 is 5.62. The highest BCUT2D eigenvalue weighted by molar-refractivity contribution is 5.96. The second-order valence-electron chi connectivity index (χ2n) is 6.26. The van der Waals surface area contributed by atoms with Gasteiger partial charge in [0.25, 0.3) is 0 Å². The van der Waals surface area contributed by atoms with E-state index in [1.165, 1.54) is 0 Å². The average Bonchev–Trinajstić information content (AvgIpc) is 2.54. The molecule has 1 unspecified atom stereocenters. The number of carbonyl (C=O) groups is 1. The van der Waals surface area contributed by atoms with E-state index in [1.54, 1.807) is 30.3 Å². The van der Waals surface area contributed by atoms with Gasteiger partial charge in [-0.25, -0.2) is 0 Å². The number of benzene rings is 1. The van der Waals surface area contributed by atoms with E-state index in [2.05, 4.69) is 11.5 Å². The number of likely N-dealkylation sites (N-methyl/N-ethyl adjacent to an activating group) is 1. The molecule has 0 fully saturated rings. The smallest absolute Gasteiger partial charge is 0.165 e. The standard InChI is InChI=1S/C21H29NO3/c1-5-12-22(4)13-6-7-14-25-20-10-8-18(9-11-20)21(24)16-19(23)15-17(2)3/h5-11,15,19,23H,1,12-14,16H2,2-4H3/b7-6+. The van der Waals surface area contributed by atoms with Gasteiger partial charge < -0.3 is 9.84 Å². The third-order valence-corrected chi connectivity index (χ3v) is 3.47. The Morgan fingerprint density at radius 1 is 1.24 bits per heavy atom. The van der Waals surface area contributed by atoms with Crippen molar-refractivity contribution in [2.24, 2.45) is 0 Å².